The highest BCUT2D eigenvalue weighted by Crippen LogP contribution is 2.21. The van der Waals surface area contributed by atoms with Gasteiger partial charge >= 0.3 is 5.97 Å². The Labute approximate surface area is 189 Å². The Kier molecular flexibility index (Phi) is 8.06. The lowest BCUT2D eigenvalue weighted by Crippen LogP contribution is -2.21. The Bertz CT molecular complexity index is 1040. The first-order chi connectivity index (χ1) is 15.0. The second-order valence-electron chi connectivity index (χ2n) is 6.59. The molecule has 0 aliphatic rings. The molecule has 0 saturated carbocycles. The van der Waals surface area contributed by atoms with E-state index >= 15 is 0 Å². The largest absolute Gasteiger partial charge is 0.490 e. The van der Waals surface area contributed by atoms with Crippen molar-refractivity contribution in [1.82, 2.24) is 0 Å². The van der Waals surface area contributed by atoms with Gasteiger partial charge in [0.2, 0.25) is 0 Å². The fraction of sp³-hybridized carbons (Fsp3) is 0.167. The van der Waals surface area contributed by atoms with Crippen molar-refractivity contribution in [3.8, 4) is 11.5 Å². The predicted molar refractivity (Wildman–Crippen MR) is 122 cm³/mol. The van der Waals surface area contributed by atoms with E-state index in [1.165, 1.54) is 0 Å². The van der Waals surface area contributed by atoms with E-state index in [4.69, 9.17) is 14.2 Å². The minimum atomic E-state index is -0.637. The molecule has 0 heterocycles. The summed E-state index contributed by atoms with van der Waals surface area (Å²) in [7, 11) is 0. The molecule has 3 aromatic rings. The number of rotatable bonds is 9. The number of halogens is 1. The fourth-order valence-electron chi connectivity index (χ4n) is 2.72. The molecule has 0 aromatic heterocycles. The van der Waals surface area contributed by atoms with E-state index in [1.54, 1.807) is 30.3 Å². The van der Waals surface area contributed by atoms with Crippen molar-refractivity contribution >= 4 is 33.5 Å². The molecule has 0 spiro atoms. The molecular weight excluding hydrogens is 462 g/mol. The molecule has 0 fully saturated rings. The third kappa shape index (κ3) is 6.86. The topological polar surface area (TPSA) is 73.9 Å². The normalized spacial score (nSPS) is 10.3. The van der Waals surface area contributed by atoms with Gasteiger partial charge in [0, 0.05) is 10.2 Å². The summed E-state index contributed by atoms with van der Waals surface area (Å²) in [5.74, 6) is 0.0466. The first-order valence-electron chi connectivity index (χ1n) is 9.66. The Balaban J connectivity index is 1.49. The molecule has 1 N–H and O–H groups in total. The lowest BCUT2D eigenvalue weighted by molar-refractivity contribution is -0.119. The second-order valence-corrected chi connectivity index (χ2v) is 7.45. The van der Waals surface area contributed by atoms with Gasteiger partial charge in [-0.05, 0) is 55.0 Å². The maximum Gasteiger partial charge on any atom is 0.342 e. The molecule has 7 heteroatoms. The quantitative estimate of drug-likeness (QED) is 0.342. The zero-order chi connectivity index (χ0) is 22.1. The molecule has 6 nitrogen and oxygen atoms in total. The molecular formula is C24H22BrNO5. The van der Waals surface area contributed by atoms with E-state index in [-0.39, 0.29) is 12.2 Å². The molecule has 0 atom stereocenters. The molecule has 0 saturated heterocycles. The molecule has 0 aliphatic heterocycles. The van der Waals surface area contributed by atoms with Crippen LogP contribution in [0.25, 0.3) is 0 Å². The minimum absolute atomic E-state index is 0.245. The van der Waals surface area contributed by atoms with Crippen LogP contribution >= 0.6 is 15.9 Å². The Morgan fingerprint density at radius 1 is 0.903 bits per heavy atom. The number of benzene rings is 3. The first kappa shape index (κ1) is 22.4. The van der Waals surface area contributed by atoms with Crippen LogP contribution < -0.4 is 14.8 Å². The van der Waals surface area contributed by atoms with Crippen LogP contribution in [-0.2, 0) is 9.53 Å². The molecule has 0 bridgehead atoms. The molecule has 31 heavy (non-hydrogen) atoms. The van der Waals surface area contributed by atoms with E-state index in [0.29, 0.717) is 18.0 Å². The van der Waals surface area contributed by atoms with Gasteiger partial charge in [-0.15, -0.1) is 0 Å². The van der Waals surface area contributed by atoms with Gasteiger partial charge in [-0.1, -0.05) is 46.3 Å². The highest BCUT2D eigenvalue weighted by Gasteiger charge is 2.15. The zero-order valence-corrected chi connectivity index (χ0v) is 18.6. The SMILES string of the molecule is Cc1cc(NC(=O)COC(=O)c2ccccc2OCCOc2ccccc2)ccc1Br. The van der Waals surface area contributed by atoms with Crippen LogP contribution in [0, 0.1) is 6.92 Å². The summed E-state index contributed by atoms with van der Waals surface area (Å²) < 4.78 is 17.4. The third-order valence-electron chi connectivity index (χ3n) is 4.24. The van der Waals surface area contributed by atoms with Crippen LogP contribution in [0.15, 0.2) is 77.3 Å². The number of carbonyl (C=O) groups is 2. The number of para-hydroxylation sites is 2. The highest BCUT2D eigenvalue weighted by molar-refractivity contribution is 9.10. The summed E-state index contributed by atoms with van der Waals surface area (Å²) in [4.78, 5) is 24.6. The van der Waals surface area contributed by atoms with Crippen molar-refractivity contribution < 1.29 is 23.8 Å². The smallest absolute Gasteiger partial charge is 0.342 e. The lowest BCUT2D eigenvalue weighted by Gasteiger charge is -2.12. The number of ether oxygens (including phenoxy) is 3. The second kappa shape index (κ2) is 11.2. The lowest BCUT2D eigenvalue weighted by atomic mass is 10.2. The average molecular weight is 484 g/mol. The van der Waals surface area contributed by atoms with Crippen molar-refractivity contribution in [1.29, 1.82) is 0 Å². The summed E-state index contributed by atoms with van der Waals surface area (Å²) in [5, 5.41) is 2.70. The highest BCUT2D eigenvalue weighted by atomic mass is 79.9. The number of nitrogens with one attached hydrogen (secondary N) is 1. The van der Waals surface area contributed by atoms with Gasteiger partial charge in [-0.2, -0.15) is 0 Å². The summed E-state index contributed by atoms with van der Waals surface area (Å²) in [6.45, 7) is 2.09. The van der Waals surface area contributed by atoms with Crippen LogP contribution in [-0.4, -0.2) is 31.7 Å². The average Bonchev–Trinajstić information content (AvgIpc) is 2.78. The Morgan fingerprint density at radius 2 is 1.61 bits per heavy atom. The van der Waals surface area contributed by atoms with E-state index in [0.717, 1.165) is 15.8 Å². The predicted octanol–water partition coefficient (Wildman–Crippen LogP) is 5.01. The summed E-state index contributed by atoms with van der Waals surface area (Å²) >= 11 is 3.41. The van der Waals surface area contributed by atoms with Crippen LogP contribution in [0.4, 0.5) is 5.69 Å². The van der Waals surface area contributed by atoms with E-state index in [2.05, 4.69) is 21.2 Å². The molecule has 0 unspecified atom stereocenters. The van der Waals surface area contributed by atoms with Crippen molar-refractivity contribution in [2.75, 3.05) is 25.1 Å². The molecule has 3 rings (SSSR count). The van der Waals surface area contributed by atoms with Crippen LogP contribution in [0.5, 0.6) is 11.5 Å². The van der Waals surface area contributed by atoms with Gasteiger partial charge in [0.05, 0.1) is 0 Å². The van der Waals surface area contributed by atoms with Gasteiger partial charge < -0.3 is 19.5 Å². The van der Waals surface area contributed by atoms with Gasteiger partial charge in [0.25, 0.3) is 5.91 Å². The monoisotopic (exact) mass is 483 g/mol. The van der Waals surface area contributed by atoms with Crippen LogP contribution in [0.3, 0.4) is 0 Å². The zero-order valence-electron chi connectivity index (χ0n) is 17.0. The number of hydrogen-bond acceptors (Lipinski definition) is 5. The van der Waals surface area contributed by atoms with Crippen molar-refractivity contribution in [2.45, 2.75) is 6.92 Å². The number of aryl methyl sites for hydroxylation is 1. The summed E-state index contributed by atoms with van der Waals surface area (Å²) in [6.07, 6.45) is 0. The van der Waals surface area contributed by atoms with Crippen molar-refractivity contribution in [2.24, 2.45) is 0 Å². The molecule has 160 valence electrons. The number of amides is 1. The van der Waals surface area contributed by atoms with Gasteiger partial charge in [-0.25, -0.2) is 4.79 Å². The molecule has 0 aliphatic carbocycles. The van der Waals surface area contributed by atoms with Crippen molar-refractivity contribution in [3.63, 3.8) is 0 Å². The van der Waals surface area contributed by atoms with E-state index in [1.807, 2.05) is 49.4 Å². The molecule has 0 radical (unpaired) electrons. The van der Waals surface area contributed by atoms with Gasteiger partial charge in [-0.3, -0.25) is 4.79 Å². The number of esters is 1. The standard InChI is InChI=1S/C24H22BrNO5/c1-17-15-18(11-12-21(17)25)26-23(27)16-31-24(28)20-9-5-6-10-22(20)30-14-13-29-19-7-3-2-4-8-19/h2-12,15H,13-14,16H2,1H3,(H,26,27). The Morgan fingerprint density at radius 3 is 2.39 bits per heavy atom. The summed E-state index contributed by atoms with van der Waals surface area (Å²) in [5.41, 5.74) is 1.86. The first-order valence-corrected chi connectivity index (χ1v) is 10.4. The Hall–Kier alpha value is -3.32. The van der Waals surface area contributed by atoms with Gasteiger partial charge in [0.1, 0.15) is 30.3 Å². The van der Waals surface area contributed by atoms with Gasteiger partial charge in [0.15, 0.2) is 6.61 Å². The number of hydrogen-bond donors (Lipinski definition) is 1. The molecule has 1 amide bonds. The van der Waals surface area contributed by atoms with E-state index < -0.39 is 18.5 Å². The minimum Gasteiger partial charge on any atom is -0.490 e. The van der Waals surface area contributed by atoms with E-state index in [9.17, 15) is 9.59 Å². The maximum absolute atomic E-state index is 12.5. The third-order valence-corrected chi connectivity index (χ3v) is 5.13. The maximum atomic E-state index is 12.5. The number of anilines is 1. The van der Waals surface area contributed by atoms with Crippen LogP contribution in [0.1, 0.15) is 15.9 Å². The fourth-order valence-corrected chi connectivity index (χ4v) is 2.96. The molecule has 3 aromatic carbocycles. The van der Waals surface area contributed by atoms with Crippen LogP contribution in [0.2, 0.25) is 0 Å². The van der Waals surface area contributed by atoms with Crippen molar-refractivity contribution in [3.05, 3.63) is 88.4 Å². The number of carbonyl (C=O) groups excluding carboxylic acids is 2. The summed E-state index contributed by atoms with van der Waals surface area (Å²) in [6, 6.07) is 21.5.